The van der Waals surface area contributed by atoms with E-state index in [0.29, 0.717) is 13.1 Å². The third-order valence-electron chi connectivity index (χ3n) is 4.29. The first-order valence-electron chi connectivity index (χ1n) is 8.53. The van der Waals surface area contributed by atoms with Crippen molar-refractivity contribution in [3.63, 3.8) is 0 Å². The maximum Gasteiger partial charge on any atom is 0.239 e. The fourth-order valence-corrected chi connectivity index (χ4v) is 3.95. The van der Waals surface area contributed by atoms with Gasteiger partial charge in [-0.05, 0) is 49.1 Å². The fourth-order valence-electron chi connectivity index (χ4n) is 2.75. The first-order chi connectivity index (χ1) is 12.4. The highest BCUT2D eigenvalue weighted by atomic mass is 35.5. The summed E-state index contributed by atoms with van der Waals surface area (Å²) in [5, 5.41) is 4.56. The summed E-state index contributed by atoms with van der Waals surface area (Å²) < 4.78 is 1.19. The lowest BCUT2D eigenvalue weighted by Gasteiger charge is -2.15. The standard InChI is InChI=1S/C20H22ClN3OS/c1-13-4-5-14(2)19-18(13)23-20(26-19)24(3)12-17(25)22-11-10-15-6-8-16(21)9-7-15/h4-9H,10-12H2,1-3H3,(H,22,25). The number of hydrogen-bond donors (Lipinski definition) is 1. The average Bonchev–Trinajstić information content (AvgIpc) is 3.07. The second-order valence-corrected chi connectivity index (χ2v) is 7.87. The van der Waals surface area contributed by atoms with Crippen LogP contribution in [0.4, 0.5) is 5.13 Å². The second kappa shape index (κ2) is 8.06. The highest BCUT2D eigenvalue weighted by molar-refractivity contribution is 7.22. The van der Waals surface area contributed by atoms with E-state index in [1.165, 1.54) is 10.3 Å². The Morgan fingerprint density at radius 3 is 2.54 bits per heavy atom. The summed E-state index contributed by atoms with van der Waals surface area (Å²) in [4.78, 5) is 18.8. The first-order valence-corrected chi connectivity index (χ1v) is 9.72. The zero-order chi connectivity index (χ0) is 18.7. The van der Waals surface area contributed by atoms with Gasteiger partial charge < -0.3 is 10.2 Å². The topological polar surface area (TPSA) is 45.2 Å². The second-order valence-electron chi connectivity index (χ2n) is 6.46. The molecule has 1 N–H and O–H groups in total. The third-order valence-corrected chi connectivity index (χ3v) is 5.84. The van der Waals surface area contributed by atoms with Crippen LogP contribution in [0.2, 0.25) is 5.02 Å². The van der Waals surface area contributed by atoms with E-state index in [-0.39, 0.29) is 5.91 Å². The molecule has 136 valence electrons. The minimum absolute atomic E-state index is 0.00540. The molecule has 0 saturated heterocycles. The number of likely N-dealkylation sites (N-methyl/N-ethyl adjacent to an activating group) is 1. The van der Waals surface area contributed by atoms with Crippen LogP contribution in [0.1, 0.15) is 16.7 Å². The zero-order valence-corrected chi connectivity index (χ0v) is 16.7. The Morgan fingerprint density at radius 2 is 1.85 bits per heavy atom. The van der Waals surface area contributed by atoms with Crippen molar-refractivity contribution in [2.75, 3.05) is 25.0 Å². The van der Waals surface area contributed by atoms with E-state index in [2.05, 4.69) is 31.3 Å². The van der Waals surface area contributed by atoms with Gasteiger partial charge in [-0.3, -0.25) is 4.79 Å². The summed E-state index contributed by atoms with van der Waals surface area (Å²) in [6.07, 6.45) is 0.784. The van der Waals surface area contributed by atoms with Gasteiger partial charge in [-0.2, -0.15) is 0 Å². The van der Waals surface area contributed by atoms with Crippen LogP contribution in [0.15, 0.2) is 36.4 Å². The molecule has 4 nitrogen and oxygen atoms in total. The molecule has 0 fully saturated rings. The van der Waals surface area contributed by atoms with Gasteiger partial charge in [0, 0.05) is 18.6 Å². The predicted octanol–water partition coefficient (Wildman–Crippen LogP) is 4.36. The van der Waals surface area contributed by atoms with Crippen molar-refractivity contribution < 1.29 is 4.79 Å². The minimum atomic E-state index is -0.00540. The third kappa shape index (κ3) is 4.34. The van der Waals surface area contributed by atoms with Crippen molar-refractivity contribution in [1.82, 2.24) is 10.3 Å². The molecule has 1 amide bonds. The van der Waals surface area contributed by atoms with Crippen LogP contribution in [-0.4, -0.2) is 31.0 Å². The Bertz CT molecular complexity index is 882. The maximum atomic E-state index is 12.2. The van der Waals surface area contributed by atoms with E-state index in [4.69, 9.17) is 16.6 Å². The number of nitrogens with zero attached hydrogens (tertiary/aromatic N) is 2. The van der Waals surface area contributed by atoms with Gasteiger partial charge in [-0.15, -0.1) is 0 Å². The van der Waals surface area contributed by atoms with Gasteiger partial charge in [0.05, 0.1) is 16.8 Å². The van der Waals surface area contributed by atoms with Crippen molar-refractivity contribution in [3.05, 3.63) is 58.1 Å². The van der Waals surface area contributed by atoms with Crippen LogP contribution in [0, 0.1) is 13.8 Å². The number of anilines is 1. The number of thiazole rings is 1. The van der Waals surface area contributed by atoms with E-state index in [1.807, 2.05) is 36.2 Å². The van der Waals surface area contributed by atoms with Gasteiger partial charge in [0.15, 0.2) is 5.13 Å². The number of nitrogens with one attached hydrogen (secondary N) is 1. The molecule has 0 saturated carbocycles. The van der Waals surface area contributed by atoms with E-state index in [0.717, 1.165) is 33.2 Å². The van der Waals surface area contributed by atoms with Crippen LogP contribution in [-0.2, 0) is 11.2 Å². The molecule has 0 radical (unpaired) electrons. The summed E-state index contributed by atoms with van der Waals surface area (Å²) in [5.41, 5.74) is 4.56. The van der Waals surface area contributed by atoms with Crippen molar-refractivity contribution >= 4 is 44.2 Å². The number of rotatable bonds is 6. The molecular formula is C20H22ClN3OS. The van der Waals surface area contributed by atoms with Gasteiger partial charge in [-0.1, -0.05) is 47.2 Å². The molecular weight excluding hydrogens is 366 g/mol. The number of carbonyl (C=O) groups excluding carboxylic acids is 1. The number of halogens is 1. The van der Waals surface area contributed by atoms with Crippen molar-refractivity contribution in [1.29, 1.82) is 0 Å². The molecule has 0 unspecified atom stereocenters. The number of fused-ring (bicyclic) bond motifs is 1. The highest BCUT2D eigenvalue weighted by Gasteiger charge is 2.14. The predicted molar refractivity (Wildman–Crippen MR) is 111 cm³/mol. The molecule has 0 aliphatic rings. The Kier molecular flexibility index (Phi) is 5.79. The van der Waals surface area contributed by atoms with E-state index in [1.54, 1.807) is 11.3 Å². The van der Waals surface area contributed by atoms with Crippen molar-refractivity contribution in [2.24, 2.45) is 0 Å². The lowest BCUT2D eigenvalue weighted by molar-refractivity contribution is -0.119. The number of amides is 1. The fraction of sp³-hybridized carbons (Fsp3) is 0.300. The molecule has 0 aliphatic heterocycles. The van der Waals surface area contributed by atoms with E-state index in [9.17, 15) is 4.79 Å². The normalized spacial score (nSPS) is 10.9. The van der Waals surface area contributed by atoms with Crippen LogP contribution in [0.3, 0.4) is 0 Å². The number of benzene rings is 2. The largest absolute Gasteiger partial charge is 0.354 e. The highest BCUT2D eigenvalue weighted by Crippen LogP contribution is 2.32. The summed E-state index contributed by atoms with van der Waals surface area (Å²) in [6.45, 7) is 5.05. The SMILES string of the molecule is Cc1ccc(C)c2sc(N(C)CC(=O)NCCc3ccc(Cl)cc3)nc12. The van der Waals surface area contributed by atoms with Gasteiger partial charge in [0.2, 0.25) is 5.91 Å². The van der Waals surface area contributed by atoms with E-state index >= 15 is 0 Å². The molecule has 1 heterocycles. The minimum Gasteiger partial charge on any atom is -0.354 e. The van der Waals surface area contributed by atoms with E-state index < -0.39 is 0 Å². The smallest absolute Gasteiger partial charge is 0.239 e. The average molecular weight is 388 g/mol. The van der Waals surface area contributed by atoms with Crippen molar-refractivity contribution in [3.8, 4) is 0 Å². The Balaban J connectivity index is 1.56. The Labute approximate surface area is 162 Å². The lowest BCUT2D eigenvalue weighted by Crippen LogP contribution is -2.36. The van der Waals surface area contributed by atoms with Gasteiger partial charge in [-0.25, -0.2) is 4.98 Å². The molecule has 3 aromatic rings. The van der Waals surface area contributed by atoms with Crippen LogP contribution in [0.25, 0.3) is 10.2 Å². The van der Waals surface area contributed by atoms with Crippen molar-refractivity contribution in [2.45, 2.75) is 20.3 Å². The number of aryl methyl sites for hydroxylation is 2. The number of carbonyl (C=O) groups is 1. The molecule has 0 atom stereocenters. The molecule has 6 heteroatoms. The summed E-state index contributed by atoms with van der Waals surface area (Å²) in [6, 6.07) is 11.9. The first kappa shape index (κ1) is 18.7. The van der Waals surface area contributed by atoms with Crippen LogP contribution < -0.4 is 10.2 Å². The number of hydrogen-bond acceptors (Lipinski definition) is 4. The van der Waals surface area contributed by atoms with Crippen LogP contribution >= 0.6 is 22.9 Å². The molecule has 26 heavy (non-hydrogen) atoms. The molecule has 0 bridgehead atoms. The van der Waals surface area contributed by atoms with Gasteiger partial charge in [0.25, 0.3) is 0 Å². The van der Waals surface area contributed by atoms with Gasteiger partial charge >= 0.3 is 0 Å². The molecule has 1 aromatic heterocycles. The van der Waals surface area contributed by atoms with Crippen LogP contribution in [0.5, 0.6) is 0 Å². The summed E-state index contributed by atoms with van der Waals surface area (Å²) in [5.74, 6) is -0.00540. The zero-order valence-electron chi connectivity index (χ0n) is 15.2. The molecule has 0 aliphatic carbocycles. The Hall–Kier alpha value is -2.11. The van der Waals surface area contributed by atoms with Gasteiger partial charge in [0.1, 0.15) is 0 Å². The quantitative estimate of drug-likeness (QED) is 0.683. The number of aromatic nitrogens is 1. The monoisotopic (exact) mass is 387 g/mol. The Morgan fingerprint density at radius 1 is 1.15 bits per heavy atom. The summed E-state index contributed by atoms with van der Waals surface area (Å²) >= 11 is 7.51. The maximum absolute atomic E-state index is 12.2. The molecule has 0 spiro atoms. The molecule has 2 aromatic carbocycles. The molecule has 3 rings (SSSR count). The summed E-state index contributed by atoms with van der Waals surface area (Å²) in [7, 11) is 1.90. The lowest BCUT2D eigenvalue weighted by atomic mass is 10.1.